The van der Waals surface area contributed by atoms with Crippen molar-refractivity contribution in [3.63, 3.8) is 0 Å². The number of hydrogen-bond acceptors (Lipinski definition) is 4. The van der Waals surface area contributed by atoms with Gasteiger partial charge >= 0.3 is 5.97 Å². The van der Waals surface area contributed by atoms with Crippen molar-refractivity contribution in [2.75, 3.05) is 12.4 Å². The van der Waals surface area contributed by atoms with E-state index in [1.807, 2.05) is 0 Å². The summed E-state index contributed by atoms with van der Waals surface area (Å²) < 4.78 is 4.79. The van der Waals surface area contributed by atoms with Crippen LogP contribution in [0.2, 0.25) is 0 Å². The molecular formula is C6H13O3S2Y-. The molecule has 0 aromatic carbocycles. The van der Waals surface area contributed by atoms with E-state index in [1.165, 1.54) is 10.8 Å². The van der Waals surface area contributed by atoms with Crippen molar-refractivity contribution in [2.24, 2.45) is 0 Å². The Balaban J connectivity index is -0.000000405. The molecule has 1 radical (unpaired) electrons. The Morgan fingerprint density at radius 2 is 2.17 bits per heavy atom. The zero-order chi connectivity index (χ0) is 7.82. The van der Waals surface area contributed by atoms with Crippen molar-refractivity contribution in [3.8, 4) is 0 Å². The van der Waals surface area contributed by atoms with Crippen LogP contribution in [0, 0.1) is 6.26 Å². The van der Waals surface area contributed by atoms with Gasteiger partial charge in [0.25, 0.3) is 0 Å². The van der Waals surface area contributed by atoms with Gasteiger partial charge in [0, 0.05) is 44.9 Å². The van der Waals surface area contributed by atoms with Crippen LogP contribution in [-0.2, 0) is 42.2 Å². The zero-order valence-electron chi connectivity index (χ0n) is 7.04. The third kappa shape index (κ3) is 13.8. The molecule has 0 aliphatic rings. The van der Waals surface area contributed by atoms with Crippen molar-refractivity contribution < 1.29 is 47.7 Å². The summed E-state index contributed by atoms with van der Waals surface area (Å²) in [5.41, 5.74) is 0. The van der Waals surface area contributed by atoms with Gasteiger partial charge in [0.15, 0.2) is 0 Å². The average molecular weight is 286 g/mol. The van der Waals surface area contributed by atoms with Gasteiger partial charge in [0.05, 0.1) is 0 Å². The SMILES string of the molecule is O.[CH2-]SSCCOC(=O)CC.[Y]. The minimum Gasteiger partial charge on any atom is -0.465 e. The van der Waals surface area contributed by atoms with Gasteiger partial charge in [-0.15, -0.1) is 10.8 Å². The summed E-state index contributed by atoms with van der Waals surface area (Å²) in [6.45, 7) is 2.28. The monoisotopic (exact) mass is 286 g/mol. The molecule has 3 nitrogen and oxygen atoms in total. The van der Waals surface area contributed by atoms with Gasteiger partial charge in [-0.3, -0.25) is 21.8 Å². The summed E-state index contributed by atoms with van der Waals surface area (Å²) in [5.74, 6) is 0.689. The Morgan fingerprint density at radius 1 is 1.58 bits per heavy atom. The summed E-state index contributed by atoms with van der Waals surface area (Å²) >= 11 is 0. The second-order valence-electron chi connectivity index (χ2n) is 1.51. The first-order valence-corrected chi connectivity index (χ1v) is 5.49. The molecule has 0 aromatic rings. The normalized spacial score (nSPS) is 7.83. The van der Waals surface area contributed by atoms with E-state index in [0.29, 0.717) is 13.0 Å². The van der Waals surface area contributed by atoms with E-state index in [2.05, 4.69) is 6.26 Å². The van der Waals surface area contributed by atoms with E-state index < -0.39 is 0 Å². The van der Waals surface area contributed by atoms with Gasteiger partial charge in [-0.25, -0.2) is 0 Å². The molecule has 0 atom stereocenters. The van der Waals surface area contributed by atoms with Crippen LogP contribution in [0.25, 0.3) is 0 Å². The van der Waals surface area contributed by atoms with E-state index in [9.17, 15) is 4.79 Å². The molecule has 0 unspecified atom stereocenters. The first kappa shape index (κ1) is 18.9. The van der Waals surface area contributed by atoms with E-state index in [0.717, 1.165) is 5.75 Å². The van der Waals surface area contributed by atoms with Gasteiger partial charge in [-0.2, -0.15) is 0 Å². The Bertz CT molecular complexity index is 103. The van der Waals surface area contributed by atoms with Crippen LogP contribution in [-0.4, -0.2) is 23.8 Å². The predicted molar refractivity (Wildman–Crippen MR) is 50.3 cm³/mol. The molecule has 0 amide bonds. The quantitative estimate of drug-likeness (QED) is 0.331. The summed E-state index contributed by atoms with van der Waals surface area (Å²) in [6.07, 6.45) is 4.02. The Kier molecular flexibility index (Phi) is 23.2. The first-order valence-electron chi connectivity index (χ1n) is 3.00. The molecule has 0 fully saturated rings. The summed E-state index contributed by atoms with van der Waals surface area (Å²) in [7, 11) is 3.03. The number of carbonyl (C=O) groups excluding carboxylic acids is 1. The van der Waals surface area contributed by atoms with Crippen LogP contribution in [0.3, 0.4) is 0 Å². The molecular weight excluding hydrogens is 273 g/mol. The molecule has 12 heavy (non-hydrogen) atoms. The molecule has 0 saturated heterocycles. The molecule has 0 spiro atoms. The second kappa shape index (κ2) is 14.7. The van der Waals surface area contributed by atoms with Gasteiger partial charge in [0.2, 0.25) is 0 Å². The van der Waals surface area contributed by atoms with Crippen LogP contribution in [0.1, 0.15) is 13.3 Å². The summed E-state index contributed by atoms with van der Waals surface area (Å²) in [4.78, 5) is 10.5. The molecule has 0 heterocycles. The zero-order valence-corrected chi connectivity index (χ0v) is 11.5. The van der Waals surface area contributed by atoms with Gasteiger partial charge in [-0.05, 0) is 0 Å². The largest absolute Gasteiger partial charge is 0.465 e. The Morgan fingerprint density at radius 3 is 2.58 bits per heavy atom. The number of hydrogen-bond donors (Lipinski definition) is 0. The van der Waals surface area contributed by atoms with Crippen LogP contribution in [0.15, 0.2) is 0 Å². The van der Waals surface area contributed by atoms with Crippen LogP contribution in [0.5, 0.6) is 0 Å². The smallest absolute Gasteiger partial charge is 0.305 e. The van der Waals surface area contributed by atoms with Crippen molar-refractivity contribution in [1.82, 2.24) is 0 Å². The van der Waals surface area contributed by atoms with Crippen molar-refractivity contribution in [3.05, 3.63) is 6.26 Å². The van der Waals surface area contributed by atoms with E-state index in [-0.39, 0.29) is 44.2 Å². The van der Waals surface area contributed by atoms with Crippen LogP contribution in [0.4, 0.5) is 0 Å². The van der Waals surface area contributed by atoms with Gasteiger partial charge < -0.3 is 10.2 Å². The molecule has 0 saturated carbocycles. The number of ether oxygens (including phenoxy) is 1. The Labute approximate surface area is 106 Å². The molecule has 0 rings (SSSR count). The molecule has 0 bridgehead atoms. The molecule has 0 aromatic heterocycles. The van der Waals surface area contributed by atoms with Crippen molar-refractivity contribution in [2.45, 2.75) is 13.3 Å². The van der Waals surface area contributed by atoms with Crippen molar-refractivity contribution >= 4 is 27.6 Å². The fourth-order valence-corrected chi connectivity index (χ4v) is 1.18. The van der Waals surface area contributed by atoms with E-state index in [1.54, 1.807) is 17.7 Å². The van der Waals surface area contributed by atoms with Crippen LogP contribution < -0.4 is 0 Å². The maximum Gasteiger partial charge on any atom is 0.305 e. The first-order chi connectivity index (χ1) is 4.81. The maximum atomic E-state index is 10.5. The van der Waals surface area contributed by atoms with Crippen molar-refractivity contribution in [1.29, 1.82) is 0 Å². The molecule has 0 aliphatic heterocycles. The standard InChI is InChI=1S/C6H11O2S2.H2O.Y/c1-3-6(7)8-4-5-10-9-2;;/h2-5H2,1H3;1H2;/q-1;;. The Hall–Kier alpha value is 1.23. The van der Waals surface area contributed by atoms with Crippen LogP contribution >= 0.6 is 21.6 Å². The molecule has 71 valence electrons. The third-order valence-electron chi connectivity index (χ3n) is 0.802. The van der Waals surface area contributed by atoms with Gasteiger partial charge in [0.1, 0.15) is 6.61 Å². The van der Waals surface area contributed by atoms with E-state index >= 15 is 0 Å². The summed E-state index contributed by atoms with van der Waals surface area (Å²) in [6, 6.07) is 0. The molecule has 6 heteroatoms. The van der Waals surface area contributed by atoms with Gasteiger partial charge in [-0.1, -0.05) is 6.92 Å². The average Bonchev–Trinajstić information content (AvgIpc) is 1.98. The minimum absolute atomic E-state index is 0. The number of rotatable bonds is 5. The maximum absolute atomic E-state index is 10.5. The number of esters is 1. The topological polar surface area (TPSA) is 57.8 Å². The second-order valence-corrected chi connectivity index (χ2v) is 3.81. The molecule has 2 N–H and O–H groups in total. The summed E-state index contributed by atoms with van der Waals surface area (Å²) in [5, 5.41) is 0. The fraction of sp³-hybridized carbons (Fsp3) is 0.667. The van der Waals surface area contributed by atoms with E-state index in [4.69, 9.17) is 4.74 Å². The molecule has 0 aliphatic carbocycles. The fourth-order valence-electron chi connectivity index (χ4n) is 0.351. The number of carbonyl (C=O) groups is 1. The minimum atomic E-state index is -0.130. The third-order valence-corrected chi connectivity index (χ3v) is 2.30. The predicted octanol–water partition coefficient (Wildman–Crippen LogP) is 1.29.